The molecule has 1 heterocycles. The third-order valence-corrected chi connectivity index (χ3v) is 5.06. The smallest absolute Gasteiger partial charge is 0.313 e. The van der Waals surface area contributed by atoms with E-state index in [4.69, 9.17) is 5.11 Å². The SMILES string of the molecule is CCC(CC)(CC)n1c(C(C)C)cnc1SCC(=O)O. The Kier molecular flexibility index (Phi) is 6.11. The van der Waals surface area contributed by atoms with Crippen molar-refractivity contribution in [1.82, 2.24) is 9.55 Å². The second kappa shape index (κ2) is 7.16. The van der Waals surface area contributed by atoms with Crippen LogP contribution in [0.3, 0.4) is 0 Å². The van der Waals surface area contributed by atoms with E-state index in [-0.39, 0.29) is 11.3 Å². The van der Waals surface area contributed by atoms with Gasteiger partial charge in [0.25, 0.3) is 0 Å². The van der Waals surface area contributed by atoms with Crippen LogP contribution in [0.4, 0.5) is 0 Å². The monoisotopic (exact) mass is 298 g/mol. The molecular weight excluding hydrogens is 272 g/mol. The van der Waals surface area contributed by atoms with E-state index in [2.05, 4.69) is 44.2 Å². The molecule has 0 aliphatic heterocycles. The minimum absolute atomic E-state index is 0.0386. The van der Waals surface area contributed by atoms with Gasteiger partial charge in [-0.25, -0.2) is 4.98 Å². The number of carboxylic acid groups (broad SMARTS) is 1. The summed E-state index contributed by atoms with van der Waals surface area (Å²) in [7, 11) is 0. The first-order valence-electron chi connectivity index (χ1n) is 7.34. The molecule has 5 heteroatoms. The number of carboxylic acids is 1. The van der Waals surface area contributed by atoms with E-state index in [0.717, 1.165) is 24.4 Å². The predicted molar refractivity (Wildman–Crippen MR) is 83.5 cm³/mol. The molecule has 0 saturated heterocycles. The molecule has 114 valence electrons. The topological polar surface area (TPSA) is 55.1 Å². The van der Waals surface area contributed by atoms with Crippen LogP contribution in [0.25, 0.3) is 0 Å². The van der Waals surface area contributed by atoms with Crippen molar-refractivity contribution >= 4 is 17.7 Å². The largest absolute Gasteiger partial charge is 0.481 e. The molecule has 0 fully saturated rings. The second-order valence-electron chi connectivity index (χ2n) is 5.42. The van der Waals surface area contributed by atoms with Gasteiger partial charge in [-0.05, 0) is 25.2 Å². The standard InChI is InChI=1S/C15H26N2O2S/c1-6-15(7-2,8-3)17-12(11(4)5)9-16-14(17)20-10-13(18)19/h9,11H,6-8,10H2,1-5H3,(H,18,19). The Morgan fingerprint density at radius 1 is 1.35 bits per heavy atom. The number of nitrogens with zero attached hydrogens (tertiary/aromatic N) is 2. The average molecular weight is 298 g/mol. The molecule has 20 heavy (non-hydrogen) atoms. The summed E-state index contributed by atoms with van der Waals surface area (Å²) in [5, 5.41) is 9.73. The van der Waals surface area contributed by atoms with Gasteiger partial charge in [-0.1, -0.05) is 46.4 Å². The van der Waals surface area contributed by atoms with Crippen molar-refractivity contribution in [1.29, 1.82) is 0 Å². The quantitative estimate of drug-likeness (QED) is 0.734. The minimum atomic E-state index is -0.800. The summed E-state index contributed by atoms with van der Waals surface area (Å²) in [4.78, 5) is 15.3. The molecule has 0 amide bonds. The van der Waals surface area contributed by atoms with Crippen molar-refractivity contribution in [2.24, 2.45) is 0 Å². The first-order valence-corrected chi connectivity index (χ1v) is 8.33. The van der Waals surface area contributed by atoms with Crippen LogP contribution < -0.4 is 0 Å². The molecule has 0 aliphatic carbocycles. The fraction of sp³-hybridized carbons (Fsp3) is 0.733. The third-order valence-electron chi connectivity index (χ3n) is 4.12. The summed E-state index contributed by atoms with van der Waals surface area (Å²) in [6, 6.07) is 0. The van der Waals surface area contributed by atoms with E-state index in [0.29, 0.717) is 5.92 Å². The van der Waals surface area contributed by atoms with Crippen LogP contribution in [-0.4, -0.2) is 26.4 Å². The summed E-state index contributed by atoms with van der Waals surface area (Å²) in [6.45, 7) is 10.9. The summed E-state index contributed by atoms with van der Waals surface area (Å²) in [5.74, 6) is -0.363. The van der Waals surface area contributed by atoms with E-state index in [1.165, 1.54) is 17.5 Å². The molecule has 0 bridgehead atoms. The highest BCUT2D eigenvalue weighted by molar-refractivity contribution is 7.99. The predicted octanol–water partition coefficient (Wildman–Crippen LogP) is 4.11. The van der Waals surface area contributed by atoms with Crippen molar-refractivity contribution in [3.63, 3.8) is 0 Å². The molecule has 0 unspecified atom stereocenters. The zero-order chi connectivity index (χ0) is 15.3. The first-order chi connectivity index (χ1) is 9.41. The number of aliphatic carboxylic acids is 1. The highest BCUT2D eigenvalue weighted by atomic mass is 32.2. The number of aromatic nitrogens is 2. The maximum Gasteiger partial charge on any atom is 0.313 e. The number of hydrogen-bond donors (Lipinski definition) is 1. The summed E-state index contributed by atoms with van der Waals surface area (Å²) in [5.41, 5.74) is 1.24. The van der Waals surface area contributed by atoms with Crippen molar-refractivity contribution in [3.8, 4) is 0 Å². The van der Waals surface area contributed by atoms with Crippen LogP contribution in [0.15, 0.2) is 11.4 Å². The third kappa shape index (κ3) is 3.37. The van der Waals surface area contributed by atoms with E-state index < -0.39 is 5.97 Å². The van der Waals surface area contributed by atoms with Gasteiger partial charge in [0, 0.05) is 17.4 Å². The van der Waals surface area contributed by atoms with Gasteiger partial charge in [0.1, 0.15) is 0 Å². The average Bonchev–Trinajstić information content (AvgIpc) is 2.84. The lowest BCUT2D eigenvalue weighted by Crippen LogP contribution is -2.34. The molecule has 0 aliphatic rings. The van der Waals surface area contributed by atoms with Gasteiger partial charge in [-0.15, -0.1) is 0 Å². The van der Waals surface area contributed by atoms with Gasteiger partial charge in [0.05, 0.1) is 5.75 Å². The Morgan fingerprint density at radius 3 is 2.30 bits per heavy atom. The molecule has 1 aromatic rings. The van der Waals surface area contributed by atoms with Gasteiger partial charge in [-0.2, -0.15) is 0 Å². The Bertz CT molecular complexity index is 442. The molecular formula is C15H26N2O2S. The van der Waals surface area contributed by atoms with Crippen molar-refractivity contribution in [2.45, 2.75) is 70.5 Å². The van der Waals surface area contributed by atoms with Crippen LogP contribution in [0.1, 0.15) is 65.5 Å². The summed E-state index contributed by atoms with van der Waals surface area (Å²) < 4.78 is 2.30. The molecule has 1 rings (SSSR count). The van der Waals surface area contributed by atoms with E-state index >= 15 is 0 Å². The molecule has 0 radical (unpaired) electrons. The lowest BCUT2D eigenvalue weighted by molar-refractivity contribution is -0.133. The summed E-state index contributed by atoms with van der Waals surface area (Å²) in [6.07, 6.45) is 4.98. The fourth-order valence-electron chi connectivity index (χ4n) is 2.68. The van der Waals surface area contributed by atoms with Crippen molar-refractivity contribution in [2.75, 3.05) is 5.75 Å². The molecule has 0 spiro atoms. The Balaban J connectivity index is 3.30. The van der Waals surface area contributed by atoms with Crippen LogP contribution >= 0.6 is 11.8 Å². The molecule has 0 atom stereocenters. The highest BCUT2D eigenvalue weighted by Gasteiger charge is 2.31. The van der Waals surface area contributed by atoms with Gasteiger partial charge in [0.15, 0.2) is 5.16 Å². The number of rotatable bonds is 8. The van der Waals surface area contributed by atoms with E-state index in [1.54, 1.807) is 0 Å². The summed E-state index contributed by atoms with van der Waals surface area (Å²) >= 11 is 1.32. The second-order valence-corrected chi connectivity index (χ2v) is 6.37. The van der Waals surface area contributed by atoms with Gasteiger partial charge in [-0.3, -0.25) is 4.79 Å². The highest BCUT2D eigenvalue weighted by Crippen LogP contribution is 2.37. The molecule has 1 N–H and O–H groups in total. The number of imidazole rings is 1. The van der Waals surface area contributed by atoms with Gasteiger partial charge in [0.2, 0.25) is 0 Å². The van der Waals surface area contributed by atoms with Crippen LogP contribution in [0, 0.1) is 0 Å². The lowest BCUT2D eigenvalue weighted by atomic mass is 9.88. The molecule has 0 saturated carbocycles. The Morgan fingerprint density at radius 2 is 1.90 bits per heavy atom. The van der Waals surface area contributed by atoms with Crippen molar-refractivity contribution in [3.05, 3.63) is 11.9 Å². The Hall–Kier alpha value is -0.970. The molecule has 1 aromatic heterocycles. The van der Waals surface area contributed by atoms with Gasteiger partial charge >= 0.3 is 5.97 Å². The Labute approximate surface area is 126 Å². The zero-order valence-corrected chi connectivity index (χ0v) is 14.0. The zero-order valence-electron chi connectivity index (χ0n) is 13.1. The molecule has 4 nitrogen and oxygen atoms in total. The lowest BCUT2D eigenvalue weighted by Gasteiger charge is -2.36. The number of thioether (sulfide) groups is 1. The normalized spacial score (nSPS) is 12.1. The van der Waals surface area contributed by atoms with Crippen LogP contribution in [0.5, 0.6) is 0 Å². The van der Waals surface area contributed by atoms with E-state index in [1.807, 2.05) is 6.20 Å². The van der Waals surface area contributed by atoms with Crippen LogP contribution in [0.2, 0.25) is 0 Å². The fourth-order valence-corrected chi connectivity index (χ4v) is 3.49. The maximum atomic E-state index is 10.8. The van der Waals surface area contributed by atoms with E-state index in [9.17, 15) is 4.79 Å². The number of carbonyl (C=O) groups is 1. The first kappa shape index (κ1) is 17.1. The van der Waals surface area contributed by atoms with Gasteiger partial charge < -0.3 is 9.67 Å². The molecule has 0 aromatic carbocycles. The maximum absolute atomic E-state index is 10.8. The minimum Gasteiger partial charge on any atom is -0.481 e. The van der Waals surface area contributed by atoms with Crippen LogP contribution in [-0.2, 0) is 10.3 Å². The van der Waals surface area contributed by atoms with Crippen molar-refractivity contribution < 1.29 is 9.90 Å². The number of hydrogen-bond acceptors (Lipinski definition) is 3.